The topological polar surface area (TPSA) is 56.7 Å². The molecule has 0 unspecified atom stereocenters. The fraction of sp³-hybridized carbons (Fsp3) is 0.538. The van der Waals surface area contributed by atoms with Crippen LogP contribution < -0.4 is 4.90 Å². The third-order valence-corrected chi connectivity index (χ3v) is 3.59. The second-order valence-electron chi connectivity index (χ2n) is 4.83. The van der Waals surface area contributed by atoms with Crippen LogP contribution in [-0.2, 0) is 0 Å². The highest BCUT2D eigenvalue weighted by Gasteiger charge is 2.24. The molecule has 1 saturated heterocycles. The Kier molecular flexibility index (Phi) is 3.81. The molecule has 0 aromatic carbocycles. The van der Waals surface area contributed by atoms with Crippen LogP contribution in [0.25, 0.3) is 0 Å². The van der Waals surface area contributed by atoms with E-state index in [1.54, 1.807) is 18.3 Å². The maximum absolute atomic E-state index is 11.2. The molecule has 1 aliphatic heterocycles. The summed E-state index contributed by atoms with van der Waals surface area (Å²) in [6.45, 7) is 2.09. The van der Waals surface area contributed by atoms with Gasteiger partial charge < -0.3 is 14.9 Å². The largest absolute Gasteiger partial charge is 0.478 e. The Bertz CT molecular complexity index is 428. The SMILES string of the molecule is CN1CCC(N(C)c2ncccc2C(=O)O)CC1. The third-order valence-electron chi connectivity index (χ3n) is 3.59. The Labute approximate surface area is 107 Å². The summed E-state index contributed by atoms with van der Waals surface area (Å²) in [5.74, 6) is -0.350. The van der Waals surface area contributed by atoms with E-state index >= 15 is 0 Å². The first kappa shape index (κ1) is 12.8. The van der Waals surface area contributed by atoms with E-state index in [0.717, 1.165) is 25.9 Å². The number of rotatable bonds is 3. The van der Waals surface area contributed by atoms with E-state index < -0.39 is 5.97 Å². The Morgan fingerprint density at radius 1 is 1.50 bits per heavy atom. The van der Waals surface area contributed by atoms with Gasteiger partial charge in [-0.1, -0.05) is 0 Å². The van der Waals surface area contributed by atoms with Crippen LogP contribution in [0.5, 0.6) is 0 Å². The molecular formula is C13H19N3O2. The molecule has 18 heavy (non-hydrogen) atoms. The Morgan fingerprint density at radius 3 is 2.78 bits per heavy atom. The van der Waals surface area contributed by atoms with Gasteiger partial charge in [0.1, 0.15) is 11.4 Å². The van der Waals surface area contributed by atoms with E-state index in [-0.39, 0.29) is 5.56 Å². The predicted octanol–water partition coefficient (Wildman–Crippen LogP) is 1.31. The van der Waals surface area contributed by atoms with Crippen LogP contribution in [0.1, 0.15) is 23.2 Å². The highest BCUT2D eigenvalue weighted by molar-refractivity contribution is 5.93. The molecule has 98 valence electrons. The number of carbonyl (C=O) groups is 1. The van der Waals surface area contributed by atoms with Gasteiger partial charge in [-0.05, 0) is 45.1 Å². The van der Waals surface area contributed by atoms with Gasteiger partial charge in [-0.25, -0.2) is 9.78 Å². The number of nitrogens with zero attached hydrogens (tertiary/aromatic N) is 3. The number of carboxylic acid groups (broad SMARTS) is 1. The number of aromatic nitrogens is 1. The molecule has 1 aliphatic rings. The number of pyridine rings is 1. The summed E-state index contributed by atoms with van der Waals surface area (Å²) in [7, 11) is 4.05. The van der Waals surface area contributed by atoms with Crippen molar-refractivity contribution in [3.05, 3.63) is 23.9 Å². The minimum absolute atomic E-state index is 0.277. The van der Waals surface area contributed by atoms with Gasteiger partial charge in [0.05, 0.1) is 0 Å². The molecule has 0 amide bonds. The van der Waals surface area contributed by atoms with Crippen molar-refractivity contribution in [2.45, 2.75) is 18.9 Å². The number of aromatic carboxylic acids is 1. The van der Waals surface area contributed by atoms with Crippen molar-refractivity contribution in [2.24, 2.45) is 0 Å². The average Bonchev–Trinajstić information content (AvgIpc) is 2.39. The molecule has 0 aliphatic carbocycles. The maximum Gasteiger partial charge on any atom is 0.339 e. The molecule has 1 fully saturated rings. The van der Waals surface area contributed by atoms with Gasteiger partial charge in [-0.15, -0.1) is 0 Å². The van der Waals surface area contributed by atoms with Crippen molar-refractivity contribution in [3.8, 4) is 0 Å². The molecule has 5 heteroatoms. The predicted molar refractivity (Wildman–Crippen MR) is 70.1 cm³/mol. The zero-order valence-corrected chi connectivity index (χ0v) is 10.8. The monoisotopic (exact) mass is 249 g/mol. The minimum atomic E-state index is -0.919. The number of likely N-dealkylation sites (tertiary alicyclic amines) is 1. The minimum Gasteiger partial charge on any atom is -0.478 e. The molecule has 0 atom stereocenters. The molecule has 1 aromatic heterocycles. The molecule has 1 N–H and O–H groups in total. The fourth-order valence-electron chi connectivity index (χ4n) is 2.40. The number of piperidine rings is 1. The maximum atomic E-state index is 11.2. The van der Waals surface area contributed by atoms with Crippen molar-refractivity contribution < 1.29 is 9.90 Å². The van der Waals surface area contributed by atoms with Crippen molar-refractivity contribution in [1.29, 1.82) is 0 Å². The summed E-state index contributed by atoms with van der Waals surface area (Å²) in [6, 6.07) is 3.64. The van der Waals surface area contributed by atoms with E-state index in [0.29, 0.717) is 11.9 Å². The van der Waals surface area contributed by atoms with E-state index in [9.17, 15) is 9.90 Å². The standard InChI is InChI=1S/C13H19N3O2/c1-15-8-5-10(6-9-15)16(2)12-11(13(17)18)4-3-7-14-12/h3-4,7,10H,5-6,8-9H2,1-2H3,(H,17,18). The first-order valence-electron chi connectivity index (χ1n) is 6.19. The molecule has 0 bridgehead atoms. The van der Waals surface area contributed by atoms with Crippen LogP contribution in [0.15, 0.2) is 18.3 Å². The van der Waals surface area contributed by atoms with Gasteiger partial charge in [0.15, 0.2) is 0 Å². The normalized spacial score (nSPS) is 17.7. The van der Waals surface area contributed by atoms with Crippen LogP contribution in [-0.4, -0.2) is 54.2 Å². The lowest BCUT2D eigenvalue weighted by molar-refractivity contribution is 0.0697. The molecule has 5 nitrogen and oxygen atoms in total. The van der Waals surface area contributed by atoms with Crippen LogP contribution in [0.3, 0.4) is 0 Å². The van der Waals surface area contributed by atoms with Gasteiger partial charge >= 0.3 is 5.97 Å². The summed E-state index contributed by atoms with van der Waals surface area (Å²) >= 11 is 0. The van der Waals surface area contributed by atoms with E-state index in [4.69, 9.17) is 0 Å². The highest BCUT2D eigenvalue weighted by atomic mass is 16.4. The number of hydrogen-bond acceptors (Lipinski definition) is 4. The van der Waals surface area contributed by atoms with E-state index in [1.165, 1.54) is 0 Å². The highest BCUT2D eigenvalue weighted by Crippen LogP contribution is 2.23. The zero-order chi connectivity index (χ0) is 13.1. The smallest absolute Gasteiger partial charge is 0.339 e. The Balaban J connectivity index is 2.18. The Hall–Kier alpha value is -1.62. The molecule has 2 rings (SSSR count). The summed E-state index contributed by atoms with van der Waals surface area (Å²) in [5, 5.41) is 9.18. The lowest BCUT2D eigenvalue weighted by Gasteiger charge is -2.36. The second-order valence-corrected chi connectivity index (χ2v) is 4.83. The van der Waals surface area contributed by atoms with Gasteiger partial charge in [-0.3, -0.25) is 0 Å². The average molecular weight is 249 g/mol. The third kappa shape index (κ3) is 2.61. The van der Waals surface area contributed by atoms with E-state index in [2.05, 4.69) is 16.9 Å². The molecule has 0 radical (unpaired) electrons. The summed E-state index contributed by atoms with van der Waals surface area (Å²) in [4.78, 5) is 19.7. The van der Waals surface area contributed by atoms with Crippen molar-refractivity contribution in [1.82, 2.24) is 9.88 Å². The molecule has 0 saturated carbocycles. The van der Waals surface area contributed by atoms with E-state index in [1.807, 2.05) is 11.9 Å². The van der Waals surface area contributed by atoms with Crippen molar-refractivity contribution in [3.63, 3.8) is 0 Å². The summed E-state index contributed by atoms with van der Waals surface area (Å²) in [5.41, 5.74) is 0.277. The van der Waals surface area contributed by atoms with Crippen molar-refractivity contribution >= 4 is 11.8 Å². The molecule has 2 heterocycles. The van der Waals surface area contributed by atoms with Crippen LogP contribution in [0.2, 0.25) is 0 Å². The number of hydrogen-bond donors (Lipinski definition) is 1. The van der Waals surface area contributed by atoms with Crippen LogP contribution in [0.4, 0.5) is 5.82 Å². The first-order valence-corrected chi connectivity index (χ1v) is 6.19. The summed E-state index contributed by atoms with van der Waals surface area (Å²) in [6.07, 6.45) is 3.73. The van der Waals surface area contributed by atoms with Crippen molar-refractivity contribution in [2.75, 3.05) is 32.1 Å². The summed E-state index contributed by atoms with van der Waals surface area (Å²) < 4.78 is 0. The lowest BCUT2D eigenvalue weighted by Crippen LogP contribution is -2.42. The molecule has 1 aromatic rings. The quantitative estimate of drug-likeness (QED) is 0.875. The fourth-order valence-corrected chi connectivity index (χ4v) is 2.40. The van der Waals surface area contributed by atoms with Gasteiger partial charge in [-0.2, -0.15) is 0 Å². The molecule has 0 spiro atoms. The van der Waals surface area contributed by atoms with Gasteiger partial charge in [0, 0.05) is 19.3 Å². The Morgan fingerprint density at radius 2 is 2.17 bits per heavy atom. The number of carboxylic acids is 1. The van der Waals surface area contributed by atoms with Crippen LogP contribution >= 0.6 is 0 Å². The molecular weight excluding hydrogens is 230 g/mol. The second kappa shape index (κ2) is 5.35. The van der Waals surface area contributed by atoms with Gasteiger partial charge in [0.25, 0.3) is 0 Å². The zero-order valence-electron chi connectivity index (χ0n) is 10.8. The van der Waals surface area contributed by atoms with Crippen LogP contribution in [0, 0.1) is 0 Å². The lowest BCUT2D eigenvalue weighted by atomic mass is 10.0. The van der Waals surface area contributed by atoms with Gasteiger partial charge in [0.2, 0.25) is 0 Å². The number of anilines is 1. The first-order chi connectivity index (χ1) is 8.59.